The number of thioether (sulfide) groups is 1. The lowest BCUT2D eigenvalue weighted by atomic mass is 9.79. The molecule has 0 spiro atoms. The van der Waals surface area contributed by atoms with Gasteiger partial charge in [0.15, 0.2) is 0 Å². The molecule has 1 fully saturated rings. The lowest BCUT2D eigenvalue weighted by Gasteiger charge is -2.45. The first kappa shape index (κ1) is 11.9. The minimum atomic E-state index is -0.692. The van der Waals surface area contributed by atoms with Gasteiger partial charge < -0.3 is 5.11 Å². The van der Waals surface area contributed by atoms with Crippen LogP contribution in [0.25, 0.3) is 0 Å². The molecule has 0 radical (unpaired) electrons. The van der Waals surface area contributed by atoms with Gasteiger partial charge in [0, 0.05) is 5.75 Å². The van der Waals surface area contributed by atoms with E-state index < -0.39 is 11.5 Å². The Kier molecular flexibility index (Phi) is 3.17. The van der Waals surface area contributed by atoms with Gasteiger partial charge in [-0.2, -0.15) is 11.8 Å². The first-order valence-electron chi connectivity index (χ1n) is 4.79. The van der Waals surface area contributed by atoms with E-state index in [2.05, 4.69) is 13.8 Å². The molecule has 1 N–H and O–H groups in total. The van der Waals surface area contributed by atoms with Crippen molar-refractivity contribution in [3.8, 4) is 0 Å². The zero-order valence-corrected chi connectivity index (χ0v) is 10.1. The molecule has 1 atom stereocenters. The van der Waals surface area contributed by atoms with Gasteiger partial charge in [0.2, 0.25) is 0 Å². The second-order valence-electron chi connectivity index (χ2n) is 5.06. The molecular formula is C10H19NO2S. The first-order valence-corrected chi connectivity index (χ1v) is 5.94. The Morgan fingerprint density at radius 2 is 1.93 bits per heavy atom. The summed E-state index contributed by atoms with van der Waals surface area (Å²) in [7, 11) is 3.71. The lowest BCUT2D eigenvalue weighted by molar-refractivity contribution is -0.150. The van der Waals surface area contributed by atoms with Crippen molar-refractivity contribution < 1.29 is 9.90 Å². The van der Waals surface area contributed by atoms with Crippen LogP contribution < -0.4 is 0 Å². The van der Waals surface area contributed by atoms with Crippen molar-refractivity contribution in [2.24, 2.45) is 5.41 Å². The topological polar surface area (TPSA) is 40.5 Å². The van der Waals surface area contributed by atoms with Crippen LogP contribution in [0, 0.1) is 5.41 Å². The highest BCUT2D eigenvalue weighted by Gasteiger charge is 2.47. The molecule has 0 aromatic rings. The van der Waals surface area contributed by atoms with E-state index in [9.17, 15) is 9.90 Å². The van der Waals surface area contributed by atoms with Crippen LogP contribution in [-0.4, -0.2) is 47.1 Å². The molecule has 3 nitrogen and oxygen atoms in total. The highest BCUT2D eigenvalue weighted by atomic mass is 32.2. The molecule has 0 bridgehead atoms. The summed E-state index contributed by atoms with van der Waals surface area (Å²) >= 11 is 1.74. The number of likely N-dealkylation sites (N-methyl/N-ethyl adjacent to an activating group) is 1. The number of carboxylic acid groups (broad SMARTS) is 1. The Hall–Kier alpha value is -0.220. The van der Waals surface area contributed by atoms with Crippen molar-refractivity contribution in [2.75, 3.05) is 25.6 Å². The molecule has 1 unspecified atom stereocenters. The molecule has 1 saturated heterocycles. The average molecular weight is 217 g/mol. The molecule has 1 aliphatic rings. The Morgan fingerprint density at radius 1 is 1.36 bits per heavy atom. The summed E-state index contributed by atoms with van der Waals surface area (Å²) in [5, 5.41) is 9.34. The minimum Gasteiger partial charge on any atom is -0.480 e. The Bertz CT molecular complexity index is 240. The van der Waals surface area contributed by atoms with E-state index in [0.29, 0.717) is 5.75 Å². The molecule has 82 valence electrons. The summed E-state index contributed by atoms with van der Waals surface area (Å²) in [4.78, 5) is 13.2. The van der Waals surface area contributed by atoms with E-state index in [1.54, 1.807) is 11.8 Å². The third-order valence-electron chi connectivity index (χ3n) is 2.86. The first-order chi connectivity index (χ1) is 6.30. The zero-order valence-electron chi connectivity index (χ0n) is 9.33. The number of nitrogens with zero attached hydrogens (tertiary/aromatic N) is 1. The molecular weight excluding hydrogens is 198 g/mol. The van der Waals surface area contributed by atoms with Crippen LogP contribution in [0.1, 0.15) is 20.3 Å². The van der Waals surface area contributed by atoms with Gasteiger partial charge in [0.1, 0.15) is 5.54 Å². The molecule has 1 aliphatic heterocycles. The fourth-order valence-corrected chi connectivity index (χ4v) is 3.58. The minimum absolute atomic E-state index is 0.117. The van der Waals surface area contributed by atoms with Crippen molar-refractivity contribution >= 4 is 17.7 Å². The van der Waals surface area contributed by atoms with Gasteiger partial charge in [-0.15, -0.1) is 0 Å². The molecule has 0 saturated carbocycles. The highest BCUT2D eigenvalue weighted by molar-refractivity contribution is 7.99. The fourth-order valence-electron chi connectivity index (χ4n) is 2.01. The zero-order chi connectivity index (χ0) is 11.0. The number of carbonyl (C=O) groups is 1. The number of aliphatic carboxylic acids is 1. The van der Waals surface area contributed by atoms with Gasteiger partial charge in [-0.25, -0.2) is 0 Å². The van der Waals surface area contributed by atoms with Crippen LogP contribution in [0.2, 0.25) is 0 Å². The summed E-state index contributed by atoms with van der Waals surface area (Å²) in [5.74, 6) is 1.05. The van der Waals surface area contributed by atoms with Gasteiger partial charge in [0.25, 0.3) is 0 Å². The molecule has 0 aromatic heterocycles. The van der Waals surface area contributed by atoms with Crippen LogP contribution >= 0.6 is 11.8 Å². The molecule has 0 aliphatic carbocycles. The van der Waals surface area contributed by atoms with Crippen molar-refractivity contribution in [3.63, 3.8) is 0 Å². The van der Waals surface area contributed by atoms with Crippen molar-refractivity contribution in [1.29, 1.82) is 0 Å². The summed E-state index contributed by atoms with van der Waals surface area (Å²) in [6.45, 7) is 4.28. The van der Waals surface area contributed by atoms with Crippen molar-refractivity contribution in [2.45, 2.75) is 25.8 Å². The van der Waals surface area contributed by atoms with E-state index >= 15 is 0 Å². The predicted octanol–water partition coefficient (Wildman–Crippen LogP) is 1.53. The standard InChI is InChI=1S/C10H19NO2S/c1-9(2)5-10(8(12)13,11(3)4)7-14-6-9/h5-7H2,1-4H3,(H,12,13). The van der Waals surface area contributed by atoms with Crippen molar-refractivity contribution in [3.05, 3.63) is 0 Å². The SMILES string of the molecule is CN(C)C1(C(=O)O)CSCC(C)(C)C1. The molecule has 1 rings (SSSR count). The van der Waals surface area contributed by atoms with Gasteiger partial charge in [-0.05, 0) is 31.7 Å². The predicted molar refractivity (Wildman–Crippen MR) is 59.8 cm³/mol. The second kappa shape index (κ2) is 3.74. The molecule has 4 heteroatoms. The maximum absolute atomic E-state index is 11.4. The van der Waals surface area contributed by atoms with Crippen LogP contribution in [-0.2, 0) is 4.79 Å². The van der Waals surface area contributed by atoms with Crippen LogP contribution in [0.5, 0.6) is 0 Å². The number of carboxylic acids is 1. The van der Waals surface area contributed by atoms with E-state index in [1.807, 2.05) is 19.0 Å². The van der Waals surface area contributed by atoms with Gasteiger partial charge in [0.05, 0.1) is 0 Å². The number of hydrogen-bond donors (Lipinski definition) is 1. The fraction of sp³-hybridized carbons (Fsp3) is 0.900. The smallest absolute Gasteiger partial charge is 0.324 e. The quantitative estimate of drug-likeness (QED) is 0.761. The molecule has 1 heterocycles. The summed E-state index contributed by atoms with van der Waals surface area (Å²) in [5.41, 5.74) is -0.558. The maximum Gasteiger partial charge on any atom is 0.324 e. The van der Waals surface area contributed by atoms with E-state index in [-0.39, 0.29) is 5.41 Å². The van der Waals surface area contributed by atoms with Gasteiger partial charge in [-0.3, -0.25) is 9.69 Å². The average Bonchev–Trinajstić information content (AvgIpc) is 2.01. The third-order valence-corrected chi connectivity index (χ3v) is 4.53. The Balaban J connectivity index is 2.94. The second-order valence-corrected chi connectivity index (χ2v) is 6.05. The largest absolute Gasteiger partial charge is 0.480 e. The number of hydrogen-bond acceptors (Lipinski definition) is 3. The third kappa shape index (κ3) is 2.06. The molecule has 14 heavy (non-hydrogen) atoms. The summed E-state index contributed by atoms with van der Waals surface area (Å²) in [6.07, 6.45) is 0.731. The summed E-state index contributed by atoms with van der Waals surface area (Å²) < 4.78 is 0. The Morgan fingerprint density at radius 3 is 2.21 bits per heavy atom. The van der Waals surface area contributed by atoms with E-state index in [4.69, 9.17) is 0 Å². The monoisotopic (exact) mass is 217 g/mol. The van der Waals surface area contributed by atoms with Crippen LogP contribution in [0.15, 0.2) is 0 Å². The van der Waals surface area contributed by atoms with Gasteiger partial charge in [-0.1, -0.05) is 13.8 Å². The Labute approximate surface area is 89.9 Å². The normalized spacial score (nSPS) is 31.8. The highest BCUT2D eigenvalue weighted by Crippen LogP contribution is 2.41. The maximum atomic E-state index is 11.4. The molecule has 0 amide bonds. The van der Waals surface area contributed by atoms with E-state index in [1.165, 1.54) is 0 Å². The van der Waals surface area contributed by atoms with Gasteiger partial charge >= 0.3 is 5.97 Å². The van der Waals surface area contributed by atoms with E-state index in [0.717, 1.165) is 12.2 Å². The van der Waals surface area contributed by atoms with Crippen LogP contribution in [0.3, 0.4) is 0 Å². The molecule has 0 aromatic carbocycles. The van der Waals surface area contributed by atoms with Crippen molar-refractivity contribution in [1.82, 2.24) is 4.90 Å². The number of rotatable bonds is 2. The summed E-state index contributed by atoms with van der Waals surface area (Å²) in [6, 6.07) is 0. The van der Waals surface area contributed by atoms with Crippen LogP contribution in [0.4, 0.5) is 0 Å². The lowest BCUT2D eigenvalue weighted by Crippen LogP contribution is -2.58.